The second-order valence-corrected chi connectivity index (χ2v) is 5.98. The monoisotopic (exact) mass is 322 g/mol. The van der Waals surface area contributed by atoms with E-state index in [9.17, 15) is 9.18 Å². The maximum atomic E-state index is 13.7. The zero-order valence-electron chi connectivity index (χ0n) is 14.1. The Labute approximate surface area is 138 Å². The topological polar surface area (TPSA) is 41.6 Å². The Hall–Kier alpha value is -1.46. The Morgan fingerprint density at radius 3 is 2.52 bits per heavy atom. The summed E-state index contributed by atoms with van der Waals surface area (Å²) in [5.41, 5.74) is 0.109. The van der Waals surface area contributed by atoms with E-state index in [4.69, 9.17) is 4.74 Å². The Bertz CT molecular complexity index is 500. The third-order valence-corrected chi connectivity index (χ3v) is 4.70. The van der Waals surface area contributed by atoms with Crippen LogP contribution in [0.4, 0.5) is 4.39 Å². The summed E-state index contributed by atoms with van der Waals surface area (Å²) in [6.07, 6.45) is 2.13. The van der Waals surface area contributed by atoms with Gasteiger partial charge in [0, 0.05) is 25.7 Å². The molecule has 1 aliphatic heterocycles. The molecule has 1 unspecified atom stereocenters. The van der Waals surface area contributed by atoms with Crippen LogP contribution in [0.3, 0.4) is 0 Å². The third kappa shape index (κ3) is 4.75. The minimum absolute atomic E-state index is 0.109. The number of benzene rings is 1. The molecule has 2 rings (SSSR count). The number of carbonyl (C=O) groups is 1. The highest BCUT2D eigenvalue weighted by molar-refractivity contribution is 5.94. The van der Waals surface area contributed by atoms with Crippen LogP contribution in [-0.2, 0) is 4.74 Å². The second kappa shape index (κ2) is 8.99. The van der Waals surface area contributed by atoms with Gasteiger partial charge in [-0.1, -0.05) is 38.8 Å². The Kier molecular flexibility index (Phi) is 6.99. The van der Waals surface area contributed by atoms with Crippen LogP contribution in [0.5, 0.6) is 0 Å². The van der Waals surface area contributed by atoms with E-state index < -0.39 is 5.82 Å². The molecular formula is C18H27FN2O2. The molecule has 128 valence electrons. The molecule has 5 heteroatoms. The molecule has 0 radical (unpaired) electrons. The van der Waals surface area contributed by atoms with Gasteiger partial charge in [0.25, 0.3) is 5.91 Å². The standard InChI is InChI=1S/C18H27FN2O2/c1-3-14(4-2)17(21-9-11-23-12-10-21)13-20-18(22)15-7-5-6-8-16(15)19/h5-8,14,17H,3-4,9-13H2,1-2H3,(H,20,22). The molecule has 1 aliphatic rings. The summed E-state index contributed by atoms with van der Waals surface area (Å²) in [5.74, 6) is -0.309. The van der Waals surface area contributed by atoms with Crippen molar-refractivity contribution >= 4 is 5.91 Å². The minimum Gasteiger partial charge on any atom is -0.379 e. The predicted molar refractivity (Wildman–Crippen MR) is 89.0 cm³/mol. The van der Waals surface area contributed by atoms with Crippen molar-refractivity contribution in [1.82, 2.24) is 10.2 Å². The first-order valence-corrected chi connectivity index (χ1v) is 8.51. The number of hydrogen-bond acceptors (Lipinski definition) is 3. The van der Waals surface area contributed by atoms with Crippen molar-refractivity contribution in [2.24, 2.45) is 5.92 Å². The molecule has 1 fully saturated rings. The number of halogens is 1. The van der Waals surface area contributed by atoms with E-state index in [2.05, 4.69) is 24.1 Å². The summed E-state index contributed by atoms with van der Waals surface area (Å²) in [6.45, 7) is 8.14. The zero-order chi connectivity index (χ0) is 16.7. The van der Waals surface area contributed by atoms with Crippen LogP contribution >= 0.6 is 0 Å². The van der Waals surface area contributed by atoms with Gasteiger partial charge in [-0.05, 0) is 18.1 Å². The smallest absolute Gasteiger partial charge is 0.254 e. The van der Waals surface area contributed by atoms with Gasteiger partial charge < -0.3 is 10.1 Å². The number of amides is 1. The second-order valence-electron chi connectivity index (χ2n) is 5.98. The van der Waals surface area contributed by atoms with Crippen LogP contribution in [-0.4, -0.2) is 49.7 Å². The highest BCUT2D eigenvalue weighted by atomic mass is 19.1. The highest BCUT2D eigenvalue weighted by Gasteiger charge is 2.27. The minimum atomic E-state index is -0.476. The number of hydrogen-bond donors (Lipinski definition) is 1. The first-order chi connectivity index (χ1) is 11.2. The molecule has 0 saturated carbocycles. The summed E-state index contributed by atoms with van der Waals surface area (Å²) < 4.78 is 19.2. The normalized spacial score (nSPS) is 17.2. The molecule has 1 aromatic rings. The number of ether oxygens (including phenoxy) is 1. The lowest BCUT2D eigenvalue weighted by molar-refractivity contribution is 0.00190. The van der Waals surface area contributed by atoms with E-state index in [1.54, 1.807) is 12.1 Å². The molecule has 0 aromatic heterocycles. The first kappa shape index (κ1) is 17.9. The largest absolute Gasteiger partial charge is 0.379 e. The average Bonchev–Trinajstić information content (AvgIpc) is 2.59. The molecule has 0 aliphatic carbocycles. The van der Waals surface area contributed by atoms with Gasteiger partial charge in [0.15, 0.2) is 0 Å². The Morgan fingerprint density at radius 1 is 1.26 bits per heavy atom. The summed E-state index contributed by atoms with van der Waals surface area (Å²) in [4.78, 5) is 14.6. The van der Waals surface area contributed by atoms with Crippen molar-refractivity contribution in [2.45, 2.75) is 32.7 Å². The number of nitrogens with one attached hydrogen (secondary N) is 1. The number of carbonyl (C=O) groups excluding carboxylic acids is 1. The fourth-order valence-electron chi connectivity index (χ4n) is 3.27. The van der Waals surface area contributed by atoms with Crippen molar-refractivity contribution < 1.29 is 13.9 Å². The fraction of sp³-hybridized carbons (Fsp3) is 0.611. The fourth-order valence-corrected chi connectivity index (χ4v) is 3.27. The molecule has 1 amide bonds. The molecule has 1 atom stereocenters. The van der Waals surface area contributed by atoms with Crippen LogP contribution in [0.1, 0.15) is 37.0 Å². The van der Waals surface area contributed by atoms with Crippen LogP contribution in [0.15, 0.2) is 24.3 Å². The van der Waals surface area contributed by atoms with E-state index in [-0.39, 0.29) is 17.5 Å². The molecule has 4 nitrogen and oxygen atoms in total. The molecule has 0 bridgehead atoms. The van der Waals surface area contributed by atoms with Crippen molar-refractivity contribution in [1.29, 1.82) is 0 Å². The molecule has 1 aromatic carbocycles. The number of rotatable bonds is 7. The van der Waals surface area contributed by atoms with Crippen molar-refractivity contribution in [3.8, 4) is 0 Å². The van der Waals surface area contributed by atoms with Crippen LogP contribution in [0, 0.1) is 11.7 Å². The quantitative estimate of drug-likeness (QED) is 0.839. The van der Waals surface area contributed by atoms with Crippen molar-refractivity contribution in [2.75, 3.05) is 32.8 Å². The lowest BCUT2D eigenvalue weighted by atomic mass is 9.92. The molecule has 1 N–H and O–H groups in total. The van der Waals surface area contributed by atoms with E-state index in [0.29, 0.717) is 12.5 Å². The molecular weight excluding hydrogens is 295 g/mol. The lowest BCUT2D eigenvalue weighted by Crippen LogP contribution is -2.52. The Balaban J connectivity index is 2.02. The summed E-state index contributed by atoms with van der Waals surface area (Å²) in [7, 11) is 0. The maximum absolute atomic E-state index is 13.7. The van der Waals surface area contributed by atoms with Gasteiger partial charge >= 0.3 is 0 Å². The van der Waals surface area contributed by atoms with Crippen molar-refractivity contribution in [3.63, 3.8) is 0 Å². The van der Waals surface area contributed by atoms with E-state index >= 15 is 0 Å². The number of nitrogens with zero attached hydrogens (tertiary/aromatic N) is 1. The van der Waals surface area contributed by atoms with Crippen LogP contribution in [0.25, 0.3) is 0 Å². The maximum Gasteiger partial charge on any atom is 0.254 e. The third-order valence-electron chi connectivity index (χ3n) is 4.70. The zero-order valence-corrected chi connectivity index (χ0v) is 14.1. The van der Waals surface area contributed by atoms with E-state index in [1.807, 2.05) is 0 Å². The SMILES string of the molecule is CCC(CC)C(CNC(=O)c1ccccc1F)N1CCOCC1. The van der Waals surface area contributed by atoms with Crippen LogP contribution < -0.4 is 5.32 Å². The van der Waals surface area contributed by atoms with Gasteiger partial charge in [0.05, 0.1) is 18.8 Å². The molecule has 23 heavy (non-hydrogen) atoms. The molecule has 1 saturated heterocycles. The van der Waals surface area contributed by atoms with Gasteiger partial charge in [-0.2, -0.15) is 0 Å². The van der Waals surface area contributed by atoms with E-state index in [0.717, 1.165) is 39.1 Å². The van der Waals surface area contributed by atoms with Crippen molar-refractivity contribution in [3.05, 3.63) is 35.6 Å². The average molecular weight is 322 g/mol. The van der Waals surface area contributed by atoms with Gasteiger partial charge in [-0.25, -0.2) is 4.39 Å². The summed E-state index contributed by atoms with van der Waals surface area (Å²) in [5, 5.41) is 2.92. The molecule has 1 heterocycles. The highest BCUT2D eigenvalue weighted by Crippen LogP contribution is 2.20. The van der Waals surface area contributed by atoms with E-state index in [1.165, 1.54) is 12.1 Å². The summed E-state index contributed by atoms with van der Waals surface area (Å²) in [6, 6.07) is 6.37. The van der Waals surface area contributed by atoms with Gasteiger partial charge in [-0.3, -0.25) is 9.69 Å². The Morgan fingerprint density at radius 2 is 1.91 bits per heavy atom. The predicted octanol–water partition coefficient (Wildman–Crippen LogP) is 2.69. The van der Waals surface area contributed by atoms with Gasteiger partial charge in [0.2, 0.25) is 0 Å². The molecule has 0 spiro atoms. The van der Waals surface area contributed by atoms with Gasteiger partial charge in [0.1, 0.15) is 5.82 Å². The number of morpholine rings is 1. The first-order valence-electron chi connectivity index (χ1n) is 8.51. The van der Waals surface area contributed by atoms with Gasteiger partial charge in [-0.15, -0.1) is 0 Å². The lowest BCUT2D eigenvalue weighted by Gasteiger charge is -2.38. The summed E-state index contributed by atoms with van der Waals surface area (Å²) >= 11 is 0. The van der Waals surface area contributed by atoms with Crippen LogP contribution in [0.2, 0.25) is 0 Å².